The van der Waals surface area contributed by atoms with Gasteiger partial charge in [0.25, 0.3) is 16.8 Å². The number of hydrogen-bond donors (Lipinski definition) is 3. The highest BCUT2D eigenvalue weighted by molar-refractivity contribution is 7.92. The molecular weight excluding hydrogens is 680 g/mol. The van der Waals surface area contributed by atoms with Gasteiger partial charge < -0.3 is 39.1 Å². The van der Waals surface area contributed by atoms with Crippen LogP contribution in [0.3, 0.4) is 0 Å². The summed E-state index contributed by atoms with van der Waals surface area (Å²) in [6, 6.07) is 25.5. The number of pyridine rings is 1. The molecule has 0 saturated heterocycles. The first-order chi connectivity index (χ1) is 24.8. The number of amides is 2. The topological polar surface area (TPSA) is 164 Å². The van der Waals surface area contributed by atoms with Crippen molar-refractivity contribution in [3.8, 4) is 11.1 Å². The molecule has 0 unspecified atom stereocenters. The molecular formula is C36H43N4O10S+. The second kappa shape index (κ2) is 21.2. The lowest BCUT2D eigenvalue weighted by Gasteiger charge is -2.13. The quantitative estimate of drug-likeness (QED) is 0.0631. The van der Waals surface area contributed by atoms with E-state index in [4.69, 9.17) is 28.4 Å². The lowest BCUT2D eigenvalue weighted by molar-refractivity contribution is -0.728. The van der Waals surface area contributed by atoms with Gasteiger partial charge in [-0.2, -0.15) is 4.57 Å². The van der Waals surface area contributed by atoms with Crippen LogP contribution in [0.15, 0.2) is 108 Å². The molecule has 0 aliphatic carbocycles. The SMILES string of the molecule is COCCOCCOCCOCCOC(=O)OC[n+]1cccc(CNC(=O)Nc2ccc(NS(=O)(=O)c3ccccc3-c3ccccc3)cc2)c1. The summed E-state index contributed by atoms with van der Waals surface area (Å²) in [7, 11) is -2.28. The zero-order valence-electron chi connectivity index (χ0n) is 28.3. The molecule has 1 aromatic heterocycles. The molecule has 0 atom stereocenters. The summed E-state index contributed by atoms with van der Waals surface area (Å²) in [6.07, 6.45) is 2.59. The molecule has 0 aliphatic heterocycles. The molecule has 4 rings (SSSR count). The molecule has 15 heteroatoms. The van der Waals surface area contributed by atoms with Crippen molar-refractivity contribution in [3.63, 3.8) is 0 Å². The molecule has 3 N–H and O–H groups in total. The van der Waals surface area contributed by atoms with Crippen LogP contribution in [0.5, 0.6) is 0 Å². The van der Waals surface area contributed by atoms with E-state index in [1.54, 1.807) is 84.7 Å². The highest BCUT2D eigenvalue weighted by atomic mass is 32.2. The molecule has 2 amide bonds. The second-order valence-corrected chi connectivity index (χ2v) is 12.4. The minimum atomic E-state index is -3.89. The van der Waals surface area contributed by atoms with Crippen LogP contribution in [0.1, 0.15) is 5.56 Å². The van der Waals surface area contributed by atoms with Crippen LogP contribution in [0.25, 0.3) is 11.1 Å². The molecule has 0 bridgehead atoms. The molecule has 0 fully saturated rings. The summed E-state index contributed by atoms with van der Waals surface area (Å²) >= 11 is 0. The minimum Gasteiger partial charge on any atom is -0.432 e. The number of nitrogens with zero attached hydrogens (tertiary/aromatic N) is 1. The Labute approximate surface area is 297 Å². The third kappa shape index (κ3) is 14.0. The van der Waals surface area contributed by atoms with Gasteiger partial charge in [-0.15, -0.1) is 0 Å². The first-order valence-corrected chi connectivity index (χ1v) is 17.6. The normalized spacial score (nSPS) is 11.1. The van der Waals surface area contributed by atoms with E-state index >= 15 is 0 Å². The van der Waals surface area contributed by atoms with Gasteiger partial charge in [-0.25, -0.2) is 18.0 Å². The van der Waals surface area contributed by atoms with E-state index in [1.807, 2.05) is 30.3 Å². The van der Waals surface area contributed by atoms with Gasteiger partial charge in [0.05, 0.1) is 57.7 Å². The molecule has 3 aromatic carbocycles. The number of aromatic nitrogens is 1. The summed E-state index contributed by atoms with van der Waals surface area (Å²) in [5.74, 6) is 0. The number of carbonyl (C=O) groups excluding carboxylic acids is 2. The molecule has 0 spiro atoms. The Morgan fingerprint density at radius 3 is 2.02 bits per heavy atom. The second-order valence-electron chi connectivity index (χ2n) is 10.8. The maximum Gasteiger partial charge on any atom is 0.513 e. The number of anilines is 2. The monoisotopic (exact) mass is 723 g/mol. The number of sulfonamides is 1. The first kappa shape index (κ1) is 38.7. The first-order valence-electron chi connectivity index (χ1n) is 16.2. The largest absolute Gasteiger partial charge is 0.513 e. The third-order valence-electron chi connectivity index (χ3n) is 6.98. The van der Waals surface area contributed by atoms with Gasteiger partial charge >= 0.3 is 12.2 Å². The molecule has 0 radical (unpaired) electrons. The summed E-state index contributed by atoms with van der Waals surface area (Å²) in [4.78, 5) is 24.6. The van der Waals surface area contributed by atoms with Gasteiger partial charge in [-0.1, -0.05) is 48.5 Å². The average Bonchev–Trinajstić information content (AvgIpc) is 3.15. The van der Waals surface area contributed by atoms with Crippen molar-refractivity contribution in [1.82, 2.24) is 5.32 Å². The predicted molar refractivity (Wildman–Crippen MR) is 188 cm³/mol. The number of rotatable bonds is 21. The van der Waals surface area contributed by atoms with Crippen LogP contribution in [-0.4, -0.2) is 80.6 Å². The zero-order chi connectivity index (χ0) is 36.2. The van der Waals surface area contributed by atoms with Crippen LogP contribution in [0, 0.1) is 0 Å². The van der Waals surface area contributed by atoms with Crippen LogP contribution in [0.4, 0.5) is 21.0 Å². The Kier molecular flexibility index (Phi) is 16.1. The number of hydrogen-bond acceptors (Lipinski definition) is 10. The van der Waals surface area contributed by atoms with Gasteiger partial charge in [0.2, 0.25) is 0 Å². The predicted octanol–water partition coefficient (Wildman–Crippen LogP) is 4.57. The van der Waals surface area contributed by atoms with Crippen molar-refractivity contribution in [2.45, 2.75) is 18.2 Å². The van der Waals surface area contributed by atoms with Crippen LogP contribution in [-0.2, 0) is 51.7 Å². The summed E-state index contributed by atoms with van der Waals surface area (Å²) in [5, 5.41) is 5.48. The Morgan fingerprint density at radius 1 is 0.686 bits per heavy atom. The van der Waals surface area contributed by atoms with Gasteiger partial charge in [-0.05, 0) is 42.0 Å². The van der Waals surface area contributed by atoms with Crippen LogP contribution < -0.4 is 19.9 Å². The Morgan fingerprint density at radius 2 is 1.31 bits per heavy atom. The smallest absolute Gasteiger partial charge is 0.432 e. The highest BCUT2D eigenvalue weighted by Crippen LogP contribution is 2.28. The van der Waals surface area contributed by atoms with Crippen molar-refractivity contribution in [3.05, 3.63) is 109 Å². The number of benzene rings is 3. The van der Waals surface area contributed by atoms with Gasteiger partial charge in [-0.3, -0.25) is 4.72 Å². The van der Waals surface area contributed by atoms with Crippen molar-refractivity contribution in [2.75, 3.05) is 70.0 Å². The Bertz CT molecular complexity index is 1760. The van der Waals surface area contributed by atoms with E-state index in [0.717, 1.165) is 11.1 Å². The van der Waals surface area contributed by atoms with E-state index in [2.05, 4.69) is 15.4 Å². The van der Waals surface area contributed by atoms with Crippen molar-refractivity contribution < 1.29 is 51.0 Å². The maximum atomic E-state index is 13.3. The van der Waals surface area contributed by atoms with Gasteiger partial charge in [0.15, 0.2) is 12.4 Å². The number of carbonyl (C=O) groups is 2. The maximum absolute atomic E-state index is 13.3. The third-order valence-corrected chi connectivity index (χ3v) is 8.42. The Balaban J connectivity index is 1.13. The van der Waals surface area contributed by atoms with Gasteiger partial charge in [0.1, 0.15) is 6.61 Å². The number of ether oxygens (including phenoxy) is 6. The van der Waals surface area contributed by atoms with E-state index < -0.39 is 22.2 Å². The molecule has 0 aliphatic rings. The summed E-state index contributed by atoms with van der Waals surface area (Å²) in [6.45, 7) is 3.08. The molecule has 14 nitrogen and oxygen atoms in total. The number of urea groups is 1. The minimum absolute atomic E-state index is 0.0321. The molecule has 4 aromatic rings. The number of methoxy groups -OCH3 is 1. The lowest BCUT2D eigenvalue weighted by Crippen LogP contribution is -2.37. The van der Waals surface area contributed by atoms with E-state index in [0.29, 0.717) is 56.6 Å². The van der Waals surface area contributed by atoms with Crippen molar-refractivity contribution >= 4 is 33.6 Å². The van der Waals surface area contributed by atoms with E-state index in [-0.39, 0.29) is 31.4 Å². The van der Waals surface area contributed by atoms with E-state index in [1.165, 1.54) is 0 Å². The van der Waals surface area contributed by atoms with Gasteiger partial charge in [0, 0.05) is 35.7 Å². The number of nitrogens with one attached hydrogen (secondary N) is 3. The van der Waals surface area contributed by atoms with Crippen molar-refractivity contribution in [2.24, 2.45) is 0 Å². The molecule has 51 heavy (non-hydrogen) atoms. The lowest BCUT2D eigenvalue weighted by atomic mass is 10.1. The standard InChI is InChI=1S/C36H42N4O10S/c1-45-18-19-46-20-21-47-22-23-48-24-25-49-36(42)50-28-40-17-7-8-29(27-40)26-37-35(41)38-31-13-15-32(16-14-31)39-51(43,44)34-12-6-5-11-33(34)30-9-3-2-4-10-30/h2-17,27,39H,18-26,28H2,1H3,(H-,37,38,41)/p+1. The molecule has 0 saturated carbocycles. The van der Waals surface area contributed by atoms with Crippen LogP contribution in [0.2, 0.25) is 0 Å². The fourth-order valence-corrected chi connectivity index (χ4v) is 5.83. The summed E-state index contributed by atoms with van der Waals surface area (Å²) in [5.41, 5.74) is 2.94. The summed E-state index contributed by atoms with van der Waals surface area (Å²) < 4.78 is 61.8. The Hall–Kier alpha value is -5.06. The average molecular weight is 724 g/mol. The fourth-order valence-electron chi connectivity index (χ4n) is 4.54. The van der Waals surface area contributed by atoms with Crippen molar-refractivity contribution in [1.29, 1.82) is 0 Å². The molecule has 272 valence electrons. The van der Waals surface area contributed by atoms with E-state index in [9.17, 15) is 18.0 Å². The fraction of sp³-hybridized carbons (Fsp3) is 0.306. The highest BCUT2D eigenvalue weighted by Gasteiger charge is 2.19. The molecule has 1 heterocycles. The zero-order valence-corrected chi connectivity index (χ0v) is 29.1. The van der Waals surface area contributed by atoms with Crippen LogP contribution >= 0.6 is 0 Å².